The van der Waals surface area contributed by atoms with Crippen molar-refractivity contribution in [1.82, 2.24) is 10.2 Å². The topological polar surface area (TPSA) is 49.4 Å². The summed E-state index contributed by atoms with van der Waals surface area (Å²) >= 11 is 0. The van der Waals surface area contributed by atoms with Crippen LogP contribution in [0.5, 0.6) is 0 Å². The van der Waals surface area contributed by atoms with Gasteiger partial charge >= 0.3 is 0 Å². The molecule has 0 spiro atoms. The van der Waals surface area contributed by atoms with Crippen molar-refractivity contribution < 1.29 is 9.59 Å². The number of nitrogens with one attached hydrogen (secondary N) is 1. The molecule has 0 bridgehead atoms. The molecule has 1 rings (SSSR count). The largest absolute Gasteiger partial charge is 0.356 e. The van der Waals surface area contributed by atoms with Crippen LogP contribution in [0.15, 0.2) is 0 Å². The van der Waals surface area contributed by atoms with Crippen molar-refractivity contribution in [2.75, 3.05) is 19.6 Å². The number of carbonyl (C=O) groups excluding carboxylic acids is 2. The maximum absolute atomic E-state index is 11.4. The third-order valence-electron chi connectivity index (χ3n) is 2.40. The molecule has 0 aromatic carbocycles. The molecule has 1 aliphatic rings. The zero-order valence-corrected chi connectivity index (χ0v) is 8.71. The summed E-state index contributed by atoms with van der Waals surface area (Å²) in [5.41, 5.74) is 0. The van der Waals surface area contributed by atoms with Gasteiger partial charge in [-0.3, -0.25) is 9.59 Å². The normalized spacial score (nSPS) is 16.9. The summed E-state index contributed by atoms with van der Waals surface area (Å²) in [6.45, 7) is 3.84. The molecule has 1 N–H and O–H groups in total. The predicted octanol–water partition coefficient (Wildman–Crippen LogP) is 0.525. The van der Waals surface area contributed by atoms with E-state index in [0.29, 0.717) is 13.0 Å². The first-order valence-corrected chi connectivity index (χ1v) is 5.22. The SMILES string of the molecule is CC(=O)NCCCN1CCCCC1=O. The van der Waals surface area contributed by atoms with E-state index in [2.05, 4.69) is 5.32 Å². The second kappa shape index (κ2) is 5.62. The summed E-state index contributed by atoms with van der Waals surface area (Å²) in [5, 5.41) is 2.72. The second-order valence-corrected chi connectivity index (χ2v) is 3.67. The average molecular weight is 198 g/mol. The standard InChI is InChI=1S/C10H18N2O2/c1-9(13)11-6-4-8-12-7-3-2-5-10(12)14/h2-8H2,1H3,(H,11,13). The van der Waals surface area contributed by atoms with Crippen LogP contribution in [0.2, 0.25) is 0 Å². The van der Waals surface area contributed by atoms with Crippen molar-refractivity contribution in [3.8, 4) is 0 Å². The van der Waals surface area contributed by atoms with Gasteiger partial charge in [0.2, 0.25) is 11.8 Å². The molecule has 4 nitrogen and oxygen atoms in total. The van der Waals surface area contributed by atoms with Gasteiger partial charge in [0.15, 0.2) is 0 Å². The van der Waals surface area contributed by atoms with Crippen LogP contribution in [-0.4, -0.2) is 36.3 Å². The van der Waals surface area contributed by atoms with E-state index in [9.17, 15) is 9.59 Å². The van der Waals surface area contributed by atoms with Gasteiger partial charge in [0.1, 0.15) is 0 Å². The fraction of sp³-hybridized carbons (Fsp3) is 0.800. The van der Waals surface area contributed by atoms with Crippen LogP contribution in [-0.2, 0) is 9.59 Å². The third-order valence-corrected chi connectivity index (χ3v) is 2.40. The molecule has 0 aromatic rings. The van der Waals surface area contributed by atoms with E-state index in [1.807, 2.05) is 4.90 Å². The molecule has 1 heterocycles. The van der Waals surface area contributed by atoms with Crippen LogP contribution in [0.1, 0.15) is 32.6 Å². The summed E-state index contributed by atoms with van der Waals surface area (Å²) in [6.07, 6.45) is 3.69. The Bertz CT molecular complexity index is 216. The number of hydrogen-bond donors (Lipinski definition) is 1. The molecule has 0 saturated carbocycles. The highest BCUT2D eigenvalue weighted by Crippen LogP contribution is 2.10. The molecule has 0 unspecified atom stereocenters. The fourth-order valence-electron chi connectivity index (χ4n) is 1.63. The van der Waals surface area contributed by atoms with E-state index in [1.165, 1.54) is 6.92 Å². The molecule has 14 heavy (non-hydrogen) atoms. The van der Waals surface area contributed by atoms with Crippen LogP contribution in [0.25, 0.3) is 0 Å². The number of hydrogen-bond acceptors (Lipinski definition) is 2. The van der Waals surface area contributed by atoms with Gasteiger partial charge in [0.05, 0.1) is 0 Å². The molecule has 0 atom stereocenters. The number of carbonyl (C=O) groups is 2. The molecule has 0 radical (unpaired) electrons. The Hall–Kier alpha value is -1.06. The summed E-state index contributed by atoms with van der Waals surface area (Å²) < 4.78 is 0. The maximum atomic E-state index is 11.4. The van der Waals surface area contributed by atoms with E-state index < -0.39 is 0 Å². The molecular formula is C10H18N2O2. The zero-order chi connectivity index (χ0) is 10.4. The van der Waals surface area contributed by atoms with Crippen molar-refractivity contribution in [3.63, 3.8) is 0 Å². The quantitative estimate of drug-likeness (QED) is 0.670. The number of rotatable bonds is 4. The minimum absolute atomic E-state index is 0.00466. The lowest BCUT2D eigenvalue weighted by Crippen LogP contribution is -2.37. The van der Waals surface area contributed by atoms with Gasteiger partial charge in [-0.05, 0) is 19.3 Å². The summed E-state index contributed by atoms with van der Waals surface area (Å²) in [5.74, 6) is 0.258. The van der Waals surface area contributed by atoms with Crippen LogP contribution in [0, 0.1) is 0 Å². The average Bonchev–Trinajstić information content (AvgIpc) is 2.15. The monoisotopic (exact) mass is 198 g/mol. The first-order valence-electron chi connectivity index (χ1n) is 5.22. The van der Waals surface area contributed by atoms with Crippen molar-refractivity contribution in [1.29, 1.82) is 0 Å². The van der Waals surface area contributed by atoms with Crippen LogP contribution >= 0.6 is 0 Å². The summed E-state index contributed by atoms with van der Waals surface area (Å²) in [7, 11) is 0. The first kappa shape index (κ1) is 11.0. The molecule has 4 heteroatoms. The van der Waals surface area contributed by atoms with E-state index >= 15 is 0 Å². The molecular weight excluding hydrogens is 180 g/mol. The van der Waals surface area contributed by atoms with Crippen LogP contribution in [0.3, 0.4) is 0 Å². The predicted molar refractivity (Wildman–Crippen MR) is 53.7 cm³/mol. The van der Waals surface area contributed by atoms with E-state index in [1.54, 1.807) is 0 Å². The summed E-state index contributed by atoms with van der Waals surface area (Å²) in [4.78, 5) is 23.8. The van der Waals surface area contributed by atoms with E-state index in [-0.39, 0.29) is 11.8 Å². The van der Waals surface area contributed by atoms with Gasteiger partial charge in [0, 0.05) is 33.0 Å². The molecule has 80 valence electrons. The Morgan fingerprint density at radius 2 is 2.29 bits per heavy atom. The van der Waals surface area contributed by atoms with Crippen molar-refractivity contribution >= 4 is 11.8 Å². The van der Waals surface area contributed by atoms with Crippen LogP contribution < -0.4 is 5.32 Å². The van der Waals surface area contributed by atoms with E-state index in [0.717, 1.165) is 32.4 Å². The minimum atomic E-state index is -0.00466. The first-order chi connectivity index (χ1) is 6.70. The van der Waals surface area contributed by atoms with Gasteiger partial charge < -0.3 is 10.2 Å². The lowest BCUT2D eigenvalue weighted by molar-refractivity contribution is -0.133. The van der Waals surface area contributed by atoms with Gasteiger partial charge in [-0.25, -0.2) is 0 Å². The molecule has 2 amide bonds. The highest BCUT2D eigenvalue weighted by atomic mass is 16.2. The van der Waals surface area contributed by atoms with Gasteiger partial charge in [-0.15, -0.1) is 0 Å². The Kier molecular flexibility index (Phi) is 4.43. The fourth-order valence-corrected chi connectivity index (χ4v) is 1.63. The molecule has 1 aliphatic heterocycles. The molecule has 1 saturated heterocycles. The maximum Gasteiger partial charge on any atom is 0.222 e. The lowest BCUT2D eigenvalue weighted by Gasteiger charge is -2.26. The Morgan fingerprint density at radius 1 is 1.50 bits per heavy atom. The van der Waals surface area contributed by atoms with Crippen LogP contribution in [0.4, 0.5) is 0 Å². The number of amides is 2. The Labute approximate surface area is 84.7 Å². The molecule has 1 fully saturated rings. The Morgan fingerprint density at radius 3 is 2.93 bits per heavy atom. The van der Waals surface area contributed by atoms with Gasteiger partial charge in [-0.1, -0.05) is 0 Å². The van der Waals surface area contributed by atoms with E-state index in [4.69, 9.17) is 0 Å². The number of nitrogens with zero attached hydrogens (tertiary/aromatic N) is 1. The zero-order valence-electron chi connectivity index (χ0n) is 8.71. The number of likely N-dealkylation sites (tertiary alicyclic amines) is 1. The molecule has 0 aromatic heterocycles. The highest BCUT2D eigenvalue weighted by molar-refractivity contribution is 5.76. The number of piperidine rings is 1. The van der Waals surface area contributed by atoms with Crippen molar-refractivity contribution in [2.45, 2.75) is 32.6 Å². The summed E-state index contributed by atoms with van der Waals surface area (Å²) in [6, 6.07) is 0. The third kappa shape index (κ3) is 3.77. The molecule has 0 aliphatic carbocycles. The van der Waals surface area contributed by atoms with Gasteiger partial charge in [-0.2, -0.15) is 0 Å². The van der Waals surface area contributed by atoms with Crippen molar-refractivity contribution in [2.24, 2.45) is 0 Å². The smallest absolute Gasteiger partial charge is 0.222 e. The Balaban J connectivity index is 2.10. The lowest BCUT2D eigenvalue weighted by atomic mass is 10.1. The van der Waals surface area contributed by atoms with Crippen molar-refractivity contribution in [3.05, 3.63) is 0 Å². The second-order valence-electron chi connectivity index (χ2n) is 3.67. The minimum Gasteiger partial charge on any atom is -0.356 e. The highest BCUT2D eigenvalue weighted by Gasteiger charge is 2.16. The van der Waals surface area contributed by atoms with Gasteiger partial charge in [0.25, 0.3) is 0 Å².